The molecule has 1 heterocycles. The Kier molecular flexibility index (Phi) is 3.62. The Labute approximate surface area is 110 Å². The molecular formula is C13H15N3OS. The third kappa shape index (κ3) is 2.87. The van der Waals surface area contributed by atoms with Crippen LogP contribution in [0.2, 0.25) is 0 Å². The molecule has 0 fully saturated rings. The molecule has 1 aromatic carbocycles. The lowest BCUT2D eigenvalue weighted by molar-refractivity contribution is 0.0951. The van der Waals surface area contributed by atoms with E-state index in [1.54, 1.807) is 35.7 Å². The predicted octanol–water partition coefficient (Wildman–Crippen LogP) is 2.27. The molecule has 1 aromatic heterocycles. The van der Waals surface area contributed by atoms with Gasteiger partial charge in [-0.3, -0.25) is 4.79 Å². The maximum absolute atomic E-state index is 11.9. The molecule has 94 valence electrons. The molecule has 0 radical (unpaired) electrons. The van der Waals surface area contributed by atoms with Gasteiger partial charge in [-0.2, -0.15) is 0 Å². The molecule has 0 atom stereocenters. The molecule has 1 amide bonds. The number of hydrogen-bond acceptors (Lipinski definition) is 4. The summed E-state index contributed by atoms with van der Waals surface area (Å²) < 4.78 is 0. The number of nitrogen functional groups attached to an aromatic ring is 1. The largest absolute Gasteiger partial charge is 0.399 e. The van der Waals surface area contributed by atoms with Crippen LogP contribution in [-0.4, -0.2) is 10.9 Å². The van der Waals surface area contributed by atoms with E-state index in [0.29, 0.717) is 17.8 Å². The topological polar surface area (TPSA) is 68.0 Å². The van der Waals surface area contributed by atoms with Crippen molar-refractivity contribution in [2.24, 2.45) is 0 Å². The van der Waals surface area contributed by atoms with Crippen molar-refractivity contribution >= 4 is 22.9 Å². The van der Waals surface area contributed by atoms with Gasteiger partial charge in [0, 0.05) is 22.3 Å². The van der Waals surface area contributed by atoms with Crippen molar-refractivity contribution in [2.75, 3.05) is 5.73 Å². The Bertz CT molecular complexity index is 577. The Hall–Kier alpha value is -1.88. The summed E-state index contributed by atoms with van der Waals surface area (Å²) in [5.74, 6) is -0.0934. The standard InChI is InChI=1S/C13H15N3OS/c1-8-5-10(3-4-12(8)14)13(17)16-7-11-6-15-9(2)18-11/h3-6H,7,14H2,1-2H3,(H,16,17). The number of nitrogens with one attached hydrogen (secondary N) is 1. The number of carbonyl (C=O) groups is 1. The second-order valence-electron chi connectivity index (χ2n) is 4.10. The number of thiazole rings is 1. The van der Waals surface area contributed by atoms with E-state index in [4.69, 9.17) is 5.73 Å². The number of amides is 1. The summed E-state index contributed by atoms with van der Waals surface area (Å²) in [6, 6.07) is 5.28. The monoisotopic (exact) mass is 261 g/mol. The van der Waals surface area contributed by atoms with Crippen LogP contribution in [0.4, 0.5) is 5.69 Å². The molecule has 4 nitrogen and oxygen atoms in total. The molecule has 2 aromatic rings. The first kappa shape index (κ1) is 12.6. The summed E-state index contributed by atoms with van der Waals surface area (Å²) in [4.78, 5) is 17.1. The second-order valence-corrected chi connectivity index (χ2v) is 5.42. The van der Waals surface area contributed by atoms with Gasteiger partial charge in [0.2, 0.25) is 0 Å². The number of rotatable bonds is 3. The second kappa shape index (κ2) is 5.18. The first-order valence-corrected chi connectivity index (χ1v) is 6.43. The highest BCUT2D eigenvalue weighted by molar-refractivity contribution is 7.11. The minimum atomic E-state index is -0.0934. The number of carbonyl (C=O) groups excluding carboxylic acids is 1. The lowest BCUT2D eigenvalue weighted by Crippen LogP contribution is -2.22. The summed E-state index contributed by atoms with van der Waals surface area (Å²) in [5.41, 5.74) is 7.96. The van der Waals surface area contributed by atoms with Crippen molar-refractivity contribution in [1.82, 2.24) is 10.3 Å². The molecule has 0 aliphatic rings. The fraction of sp³-hybridized carbons (Fsp3) is 0.231. The fourth-order valence-corrected chi connectivity index (χ4v) is 2.31. The molecule has 0 saturated heterocycles. The van der Waals surface area contributed by atoms with Gasteiger partial charge in [-0.25, -0.2) is 4.98 Å². The number of aromatic nitrogens is 1. The van der Waals surface area contributed by atoms with E-state index in [1.807, 2.05) is 13.8 Å². The highest BCUT2D eigenvalue weighted by Gasteiger charge is 2.07. The smallest absolute Gasteiger partial charge is 0.251 e. The van der Waals surface area contributed by atoms with Gasteiger partial charge in [0.15, 0.2) is 0 Å². The summed E-state index contributed by atoms with van der Waals surface area (Å²) >= 11 is 1.58. The highest BCUT2D eigenvalue weighted by atomic mass is 32.1. The zero-order chi connectivity index (χ0) is 13.1. The van der Waals surface area contributed by atoms with Gasteiger partial charge in [0.1, 0.15) is 0 Å². The molecule has 0 aliphatic carbocycles. The van der Waals surface area contributed by atoms with Crippen LogP contribution in [0.25, 0.3) is 0 Å². The maximum atomic E-state index is 11.9. The predicted molar refractivity (Wildman–Crippen MR) is 73.6 cm³/mol. The Morgan fingerprint density at radius 2 is 2.22 bits per heavy atom. The van der Waals surface area contributed by atoms with Crippen LogP contribution in [-0.2, 0) is 6.54 Å². The van der Waals surface area contributed by atoms with Crippen molar-refractivity contribution in [3.8, 4) is 0 Å². The van der Waals surface area contributed by atoms with E-state index in [-0.39, 0.29) is 5.91 Å². The van der Waals surface area contributed by atoms with Gasteiger partial charge >= 0.3 is 0 Å². The van der Waals surface area contributed by atoms with Crippen LogP contribution < -0.4 is 11.1 Å². The van der Waals surface area contributed by atoms with Gasteiger partial charge in [-0.15, -0.1) is 11.3 Å². The van der Waals surface area contributed by atoms with Crippen LogP contribution >= 0.6 is 11.3 Å². The van der Waals surface area contributed by atoms with Crippen molar-refractivity contribution < 1.29 is 4.79 Å². The number of nitrogens with zero attached hydrogens (tertiary/aromatic N) is 1. The van der Waals surface area contributed by atoms with Gasteiger partial charge in [-0.1, -0.05) is 0 Å². The molecule has 3 N–H and O–H groups in total. The molecule has 5 heteroatoms. The van der Waals surface area contributed by atoms with Gasteiger partial charge < -0.3 is 11.1 Å². The van der Waals surface area contributed by atoms with Crippen LogP contribution in [0.15, 0.2) is 24.4 Å². The first-order chi connectivity index (χ1) is 8.56. The van der Waals surface area contributed by atoms with Crippen LogP contribution in [0.3, 0.4) is 0 Å². The average molecular weight is 261 g/mol. The first-order valence-electron chi connectivity index (χ1n) is 5.62. The summed E-state index contributed by atoms with van der Waals surface area (Å²) in [5, 5.41) is 3.87. The van der Waals surface area contributed by atoms with Crippen LogP contribution in [0.1, 0.15) is 25.8 Å². The van der Waals surface area contributed by atoms with E-state index in [1.165, 1.54) is 0 Å². The number of benzene rings is 1. The number of aryl methyl sites for hydroxylation is 2. The molecule has 0 unspecified atom stereocenters. The summed E-state index contributed by atoms with van der Waals surface area (Å²) in [6.07, 6.45) is 1.79. The van der Waals surface area contributed by atoms with Crippen molar-refractivity contribution in [1.29, 1.82) is 0 Å². The van der Waals surface area contributed by atoms with Gasteiger partial charge in [0.05, 0.1) is 11.6 Å². The lowest BCUT2D eigenvalue weighted by atomic mass is 10.1. The number of nitrogens with two attached hydrogens (primary N) is 1. The van der Waals surface area contributed by atoms with Crippen molar-refractivity contribution in [3.05, 3.63) is 45.4 Å². The summed E-state index contributed by atoms with van der Waals surface area (Å²) in [7, 11) is 0. The third-order valence-corrected chi connectivity index (χ3v) is 3.54. The molecule has 0 saturated carbocycles. The third-order valence-electron chi connectivity index (χ3n) is 2.62. The van der Waals surface area contributed by atoms with Gasteiger partial charge in [0.25, 0.3) is 5.91 Å². The van der Waals surface area contributed by atoms with E-state index in [9.17, 15) is 4.79 Å². The van der Waals surface area contributed by atoms with E-state index in [2.05, 4.69) is 10.3 Å². The highest BCUT2D eigenvalue weighted by Crippen LogP contribution is 2.14. The Morgan fingerprint density at radius 3 is 2.83 bits per heavy atom. The minimum Gasteiger partial charge on any atom is -0.399 e. The molecule has 18 heavy (non-hydrogen) atoms. The number of hydrogen-bond donors (Lipinski definition) is 2. The molecular weight excluding hydrogens is 246 g/mol. The Morgan fingerprint density at radius 1 is 1.44 bits per heavy atom. The minimum absolute atomic E-state index is 0.0934. The lowest BCUT2D eigenvalue weighted by Gasteiger charge is -2.05. The maximum Gasteiger partial charge on any atom is 0.251 e. The van der Waals surface area contributed by atoms with E-state index < -0.39 is 0 Å². The SMILES string of the molecule is Cc1ncc(CNC(=O)c2ccc(N)c(C)c2)s1. The van der Waals surface area contributed by atoms with Gasteiger partial charge in [-0.05, 0) is 37.6 Å². The zero-order valence-electron chi connectivity index (χ0n) is 10.4. The average Bonchev–Trinajstić information content (AvgIpc) is 2.75. The quantitative estimate of drug-likeness (QED) is 0.833. The molecule has 0 spiro atoms. The van der Waals surface area contributed by atoms with E-state index >= 15 is 0 Å². The molecule has 0 aliphatic heterocycles. The Balaban J connectivity index is 2.01. The fourth-order valence-electron chi connectivity index (χ4n) is 1.57. The summed E-state index contributed by atoms with van der Waals surface area (Å²) in [6.45, 7) is 4.34. The number of anilines is 1. The molecule has 2 rings (SSSR count). The van der Waals surface area contributed by atoms with Crippen LogP contribution in [0, 0.1) is 13.8 Å². The zero-order valence-corrected chi connectivity index (χ0v) is 11.2. The van der Waals surface area contributed by atoms with E-state index in [0.717, 1.165) is 15.4 Å². The molecule has 0 bridgehead atoms. The normalized spacial score (nSPS) is 10.3. The van der Waals surface area contributed by atoms with Crippen molar-refractivity contribution in [3.63, 3.8) is 0 Å². The van der Waals surface area contributed by atoms with Crippen LogP contribution in [0.5, 0.6) is 0 Å². The van der Waals surface area contributed by atoms with Crippen molar-refractivity contribution in [2.45, 2.75) is 20.4 Å².